The van der Waals surface area contributed by atoms with E-state index >= 15 is 0 Å². The lowest BCUT2D eigenvalue weighted by molar-refractivity contribution is 0.274. The van der Waals surface area contributed by atoms with Crippen molar-refractivity contribution < 1.29 is 0 Å². The third-order valence-electron chi connectivity index (χ3n) is 4.83. The predicted octanol–water partition coefficient (Wildman–Crippen LogP) is 5.20. The van der Waals surface area contributed by atoms with E-state index in [2.05, 4.69) is 20.4 Å². The van der Waals surface area contributed by atoms with E-state index in [1.54, 1.807) is 12.8 Å². The summed E-state index contributed by atoms with van der Waals surface area (Å²) >= 11 is 0. The lowest BCUT2D eigenvalue weighted by Crippen LogP contribution is -2.14. The molecule has 2 aliphatic rings. The van der Waals surface area contributed by atoms with Crippen LogP contribution in [0.5, 0.6) is 0 Å². The highest BCUT2D eigenvalue weighted by molar-refractivity contribution is 4.96. The Kier molecular flexibility index (Phi) is 4.10. The third kappa shape index (κ3) is 2.90. The van der Waals surface area contributed by atoms with Crippen LogP contribution in [0, 0.1) is 23.7 Å². The normalized spacial score (nSPS) is 34.2. The van der Waals surface area contributed by atoms with E-state index in [1.807, 2.05) is 0 Å². The van der Waals surface area contributed by atoms with Crippen molar-refractivity contribution in [2.75, 3.05) is 0 Å². The van der Waals surface area contributed by atoms with Crippen LogP contribution in [-0.2, 0) is 0 Å². The molecule has 0 amide bonds. The van der Waals surface area contributed by atoms with Gasteiger partial charge in [-0.25, -0.2) is 0 Å². The van der Waals surface area contributed by atoms with Gasteiger partial charge in [0.2, 0.25) is 0 Å². The molecular formula is C16H28. The summed E-state index contributed by atoms with van der Waals surface area (Å²) in [6.07, 6.45) is 11.4. The molecule has 0 aromatic heterocycles. The van der Waals surface area contributed by atoms with Crippen LogP contribution in [0.15, 0.2) is 12.2 Å². The Morgan fingerprint density at radius 1 is 1.31 bits per heavy atom. The fraction of sp³-hybridized carbons (Fsp3) is 0.875. The molecule has 2 fully saturated rings. The van der Waals surface area contributed by atoms with Gasteiger partial charge < -0.3 is 0 Å². The average Bonchev–Trinajstić information content (AvgIpc) is 2.78. The SMILES string of the molecule is C=C(CCC)CC(C)CC1CC2CCC1C2. The van der Waals surface area contributed by atoms with Crippen LogP contribution in [0.3, 0.4) is 0 Å². The Labute approximate surface area is 102 Å². The van der Waals surface area contributed by atoms with Gasteiger partial charge in [0, 0.05) is 0 Å². The van der Waals surface area contributed by atoms with Gasteiger partial charge in [0.15, 0.2) is 0 Å². The molecule has 0 spiro atoms. The predicted molar refractivity (Wildman–Crippen MR) is 71.4 cm³/mol. The van der Waals surface area contributed by atoms with E-state index < -0.39 is 0 Å². The molecular weight excluding hydrogens is 192 g/mol. The molecule has 0 N–H and O–H groups in total. The van der Waals surface area contributed by atoms with Crippen molar-refractivity contribution in [1.29, 1.82) is 0 Å². The van der Waals surface area contributed by atoms with Crippen LogP contribution in [-0.4, -0.2) is 0 Å². The van der Waals surface area contributed by atoms with Crippen molar-refractivity contribution in [1.82, 2.24) is 0 Å². The molecule has 2 bridgehead atoms. The van der Waals surface area contributed by atoms with Crippen LogP contribution in [0.4, 0.5) is 0 Å². The number of allylic oxidation sites excluding steroid dienone is 1. The summed E-state index contributed by atoms with van der Waals surface area (Å²) in [6.45, 7) is 8.90. The van der Waals surface area contributed by atoms with Gasteiger partial charge in [-0.15, -0.1) is 0 Å². The monoisotopic (exact) mass is 220 g/mol. The van der Waals surface area contributed by atoms with Crippen LogP contribution in [0.2, 0.25) is 0 Å². The van der Waals surface area contributed by atoms with Crippen molar-refractivity contribution in [3.8, 4) is 0 Å². The Morgan fingerprint density at radius 2 is 2.12 bits per heavy atom. The maximum atomic E-state index is 4.21. The molecule has 0 aromatic carbocycles. The van der Waals surface area contributed by atoms with E-state index in [-0.39, 0.29) is 0 Å². The van der Waals surface area contributed by atoms with Gasteiger partial charge in [-0.2, -0.15) is 0 Å². The molecule has 0 aliphatic heterocycles. The molecule has 16 heavy (non-hydrogen) atoms. The van der Waals surface area contributed by atoms with Gasteiger partial charge in [0.25, 0.3) is 0 Å². The molecule has 2 aliphatic carbocycles. The smallest absolute Gasteiger partial charge is 0.0297 e. The van der Waals surface area contributed by atoms with Crippen molar-refractivity contribution in [2.45, 2.75) is 65.2 Å². The lowest BCUT2D eigenvalue weighted by atomic mass is 9.81. The number of hydrogen-bond donors (Lipinski definition) is 0. The summed E-state index contributed by atoms with van der Waals surface area (Å²) in [5.41, 5.74) is 1.48. The van der Waals surface area contributed by atoms with Gasteiger partial charge in [-0.3, -0.25) is 0 Å². The largest absolute Gasteiger partial charge is 0.0999 e. The fourth-order valence-electron chi connectivity index (χ4n) is 4.21. The first-order valence-corrected chi connectivity index (χ1v) is 7.35. The topological polar surface area (TPSA) is 0 Å². The molecule has 0 nitrogen and oxygen atoms in total. The summed E-state index contributed by atoms with van der Waals surface area (Å²) in [4.78, 5) is 0. The average molecular weight is 220 g/mol. The van der Waals surface area contributed by atoms with E-state index in [1.165, 1.54) is 44.1 Å². The summed E-state index contributed by atoms with van der Waals surface area (Å²) in [5, 5.41) is 0. The Morgan fingerprint density at radius 3 is 2.69 bits per heavy atom. The maximum absolute atomic E-state index is 4.21. The zero-order valence-electron chi connectivity index (χ0n) is 11.2. The Hall–Kier alpha value is -0.260. The summed E-state index contributed by atoms with van der Waals surface area (Å²) < 4.78 is 0. The second-order valence-electron chi connectivity index (χ2n) is 6.48. The molecule has 4 unspecified atom stereocenters. The highest BCUT2D eigenvalue weighted by Gasteiger charge is 2.39. The fourth-order valence-corrected chi connectivity index (χ4v) is 4.21. The van der Waals surface area contributed by atoms with Gasteiger partial charge in [-0.1, -0.05) is 38.8 Å². The van der Waals surface area contributed by atoms with Crippen LogP contribution in [0.25, 0.3) is 0 Å². The van der Waals surface area contributed by atoms with Crippen molar-refractivity contribution in [3.63, 3.8) is 0 Å². The minimum Gasteiger partial charge on any atom is -0.0999 e. The number of rotatable bonds is 6. The van der Waals surface area contributed by atoms with Gasteiger partial charge in [-0.05, 0) is 62.2 Å². The van der Waals surface area contributed by atoms with E-state index in [0.717, 1.165) is 23.7 Å². The first-order valence-electron chi connectivity index (χ1n) is 7.35. The van der Waals surface area contributed by atoms with Crippen LogP contribution in [0.1, 0.15) is 65.2 Å². The zero-order chi connectivity index (χ0) is 11.5. The molecule has 2 rings (SSSR count). The standard InChI is InChI=1S/C16H28/c1-4-5-12(2)8-13(3)9-16-11-14-6-7-15(16)10-14/h13-16H,2,4-11H2,1,3H3. The quantitative estimate of drug-likeness (QED) is 0.540. The molecule has 92 valence electrons. The second-order valence-corrected chi connectivity index (χ2v) is 6.48. The van der Waals surface area contributed by atoms with Crippen LogP contribution >= 0.6 is 0 Å². The summed E-state index contributed by atoms with van der Waals surface area (Å²) in [6, 6.07) is 0. The van der Waals surface area contributed by atoms with Crippen molar-refractivity contribution >= 4 is 0 Å². The van der Waals surface area contributed by atoms with Gasteiger partial charge >= 0.3 is 0 Å². The lowest BCUT2D eigenvalue weighted by Gasteiger charge is -2.25. The molecule has 0 radical (unpaired) electrons. The first kappa shape index (κ1) is 12.2. The summed E-state index contributed by atoms with van der Waals surface area (Å²) in [7, 11) is 0. The van der Waals surface area contributed by atoms with Crippen molar-refractivity contribution in [3.05, 3.63) is 12.2 Å². The minimum atomic E-state index is 0.878. The van der Waals surface area contributed by atoms with E-state index in [0.29, 0.717) is 0 Å². The zero-order valence-corrected chi connectivity index (χ0v) is 11.2. The third-order valence-corrected chi connectivity index (χ3v) is 4.83. The second kappa shape index (κ2) is 5.38. The molecule has 4 atom stereocenters. The van der Waals surface area contributed by atoms with E-state index in [4.69, 9.17) is 0 Å². The van der Waals surface area contributed by atoms with Crippen LogP contribution < -0.4 is 0 Å². The molecule has 0 heterocycles. The molecule has 2 saturated carbocycles. The molecule has 0 aromatic rings. The van der Waals surface area contributed by atoms with E-state index in [9.17, 15) is 0 Å². The number of hydrogen-bond acceptors (Lipinski definition) is 0. The minimum absolute atomic E-state index is 0.878. The first-order chi connectivity index (χ1) is 7.69. The summed E-state index contributed by atoms with van der Waals surface area (Å²) in [5.74, 6) is 4.17. The molecule has 0 saturated heterocycles. The van der Waals surface area contributed by atoms with Gasteiger partial charge in [0.05, 0.1) is 0 Å². The number of fused-ring (bicyclic) bond motifs is 2. The molecule has 0 heteroatoms. The van der Waals surface area contributed by atoms with Crippen molar-refractivity contribution in [2.24, 2.45) is 23.7 Å². The van der Waals surface area contributed by atoms with Gasteiger partial charge in [0.1, 0.15) is 0 Å². The Balaban J connectivity index is 1.71. The highest BCUT2D eigenvalue weighted by Crippen LogP contribution is 2.50. The highest BCUT2D eigenvalue weighted by atomic mass is 14.4. The maximum Gasteiger partial charge on any atom is -0.0297 e. The Bertz CT molecular complexity index is 240.